The molecule has 3 heterocycles. The van der Waals surface area contributed by atoms with E-state index < -0.39 is 0 Å². The van der Waals surface area contributed by atoms with Gasteiger partial charge < -0.3 is 16.0 Å². The zero-order valence-corrected chi connectivity index (χ0v) is 17.6. The summed E-state index contributed by atoms with van der Waals surface area (Å²) in [7, 11) is 0. The fourth-order valence-corrected chi connectivity index (χ4v) is 4.91. The van der Waals surface area contributed by atoms with Gasteiger partial charge in [-0.15, -0.1) is 0 Å². The van der Waals surface area contributed by atoms with Gasteiger partial charge in [0.05, 0.1) is 15.4 Å². The largest absolute Gasteiger partial charge is 0.383 e. The zero-order chi connectivity index (χ0) is 20.0. The van der Waals surface area contributed by atoms with Crippen LogP contribution < -0.4 is 11.5 Å². The Hall–Kier alpha value is -2.67. The number of aromatic nitrogens is 4. The molecule has 0 amide bonds. The summed E-state index contributed by atoms with van der Waals surface area (Å²) < 4.78 is 3.13. The molecule has 0 saturated heterocycles. The maximum Gasteiger partial charge on any atom is 0.145 e. The van der Waals surface area contributed by atoms with E-state index in [0.29, 0.717) is 17.7 Å². The van der Waals surface area contributed by atoms with Crippen molar-refractivity contribution in [2.24, 2.45) is 5.92 Å². The highest BCUT2D eigenvalue weighted by Gasteiger charge is 2.27. The number of aryl methyl sites for hydroxylation is 1. The van der Waals surface area contributed by atoms with Crippen LogP contribution in [0, 0.1) is 5.92 Å². The molecule has 0 radical (unpaired) electrons. The smallest absolute Gasteiger partial charge is 0.145 e. The maximum atomic E-state index is 5.98. The number of halogens is 1. The fraction of sp³-hybridized carbons (Fsp3) is 0.318. The Kier molecular flexibility index (Phi) is 4.62. The summed E-state index contributed by atoms with van der Waals surface area (Å²) in [6.45, 7) is 0. The summed E-state index contributed by atoms with van der Waals surface area (Å²) in [5.41, 5.74) is 15.2. The second-order valence-electron chi connectivity index (χ2n) is 7.97. The number of rotatable bonds is 4. The number of nitrogens with zero attached hydrogens (tertiary/aromatic N) is 4. The van der Waals surface area contributed by atoms with E-state index in [1.807, 2.05) is 12.1 Å². The van der Waals surface area contributed by atoms with Crippen molar-refractivity contribution >= 4 is 49.5 Å². The van der Waals surface area contributed by atoms with E-state index in [1.165, 1.54) is 31.2 Å². The number of hydrogen-bond acceptors (Lipinski definition) is 5. The van der Waals surface area contributed by atoms with Crippen molar-refractivity contribution in [1.82, 2.24) is 19.5 Å². The van der Waals surface area contributed by atoms with Gasteiger partial charge in [0.25, 0.3) is 0 Å². The summed E-state index contributed by atoms with van der Waals surface area (Å²) in [6, 6.07) is 11.1. The van der Waals surface area contributed by atoms with Crippen LogP contribution in [0.2, 0.25) is 0 Å². The highest BCUT2D eigenvalue weighted by atomic mass is 79.9. The van der Waals surface area contributed by atoms with Gasteiger partial charge in [-0.3, -0.25) is 0 Å². The first-order chi connectivity index (χ1) is 14.1. The summed E-state index contributed by atoms with van der Waals surface area (Å²) >= 11 is 3.45. The van der Waals surface area contributed by atoms with Crippen LogP contribution in [0.25, 0.3) is 21.9 Å². The number of nitrogen functional groups attached to an aromatic ring is 2. The van der Waals surface area contributed by atoms with Gasteiger partial charge in [-0.2, -0.15) is 0 Å². The molecule has 1 aromatic carbocycles. The number of hydrogen-bond donors (Lipinski definition) is 2. The molecule has 0 bridgehead atoms. The maximum absolute atomic E-state index is 5.98. The first kappa shape index (κ1) is 18.4. The quantitative estimate of drug-likeness (QED) is 0.461. The van der Waals surface area contributed by atoms with Gasteiger partial charge >= 0.3 is 0 Å². The minimum absolute atomic E-state index is 0.488. The van der Waals surface area contributed by atoms with Crippen molar-refractivity contribution in [1.29, 1.82) is 0 Å². The number of fused-ring (bicyclic) bond motifs is 2. The molecule has 2 atom stereocenters. The van der Waals surface area contributed by atoms with Crippen LogP contribution in [-0.4, -0.2) is 19.5 Å². The predicted molar refractivity (Wildman–Crippen MR) is 120 cm³/mol. The summed E-state index contributed by atoms with van der Waals surface area (Å²) in [6.07, 6.45) is 9.52. The van der Waals surface area contributed by atoms with E-state index in [-0.39, 0.29) is 0 Å². The molecule has 3 aromatic heterocycles. The molecular weight excluding hydrogens is 428 g/mol. The van der Waals surface area contributed by atoms with Crippen molar-refractivity contribution in [3.05, 3.63) is 52.9 Å². The van der Waals surface area contributed by atoms with E-state index in [1.54, 1.807) is 6.33 Å². The number of nitrogens with two attached hydrogens (primary N) is 2. The molecule has 1 aliphatic carbocycles. The van der Waals surface area contributed by atoms with Crippen LogP contribution in [0.3, 0.4) is 0 Å². The van der Waals surface area contributed by atoms with Crippen LogP contribution in [0.5, 0.6) is 0 Å². The fourth-order valence-electron chi connectivity index (χ4n) is 4.58. The zero-order valence-electron chi connectivity index (χ0n) is 16.1. The highest BCUT2D eigenvalue weighted by Crippen LogP contribution is 2.39. The van der Waals surface area contributed by atoms with Crippen molar-refractivity contribution in [3.8, 4) is 0 Å². The lowest BCUT2D eigenvalue weighted by Crippen LogP contribution is -2.06. The third-order valence-electron chi connectivity index (χ3n) is 6.15. The van der Waals surface area contributed by atoms with Crippen LogP contribution in [0.1, 0.15) is 37.3 Å². The van der Waals surface area contributed by atoms with Crippen molar-refractivity contribution in [2.75, 3.05) is 11.5 Å². The minimum Gasteiger partial charge on any atom is -0.383 e. The molecule has 1 saturated carbocycles. The van der Waals surface area contributed by atoms with Crippen LogP contribution in [0.15, 0.2) is 47.3 Å². The molecule has 1 fully saturated rings. The average molecular weight is 451 g/mol. The van der Waals surface area contributed by atoms with E-state index in [2.05, 4.69) is 59.8 Å². The number of pyridine rings is 1. The van der Waals surface area contributed by atoms with Gasteiger partial charge in [-0.25, -0.2) is 15.0 Å². The van der Waals surface area contributed by atoms with Gasteiger partial charge in [0.2, 0.25) is 0 Å². The molecule has 4 N–H and O–H groups in total. The third-order valence-corrected chi connectivity index (χ3v) is 6.79. The lowest BCUT2D eigenvalue weighted by atomic mass is 9.97. The molecule has 6 nitrogen and oxygen atoms in total. The van der Waals surface area contributed by atoms with Crippen LogP contribution in [-0.2, 0) is 6.42 Å². The molecule has 4 aromatic rings. The molecule has 148 valence electrons. The Bertz CT molecular complexity index is 1200. The Balaban J connectivity index is 1.27. The molecule has 2 unspecified atom stereocenters. The van der Waals surface area contributed by atoms with E-state index in [9.17, 15) is 0 Å². The topological polar surface area (TPSA) is 95.6 Å². The third kappa shape index (κ3) is 3.44. The molecule has 1 aliphatic rings. The standard InChI is InChI=1S/C22H23BrN6/c23-18-11-15-5-3-14(10-19(15)28-21(18)25)2-1-13-4-6-16(9-13)29-8-7-17-20(24)26-12-27-22(17)29/h3,5,7-8,10-13,16H,1-2,4,6,9H2,(H2,25,28)(H2,24,26,27). The average Bonchev–Trinajstić information content (AvgIpc) is 3.35. The molecular formula is C22H23BrN6. The second-order valence-corrected chi connectivity index (χ2v) is 8.83. The van der Waals surface area contributed by atoms with Crippen LogP contribution >= 0.6 is 15.9 Å². The molecule has 29 heavy (non-hydrogen) atoms. The van der Waals surface area contributed by atoms with Crippen molar-refractivity contribution < 1.29 is 0 Å². The molecule has 0 spiro atoms. The van der Waals surface area contributed by atoms with Gasteiger partial charge in [0.1, 0.15) is 23.6 Å². The summed E-state index contributed by atoms with van der Waals surface area (Å²) in [4.78, 5) is 13.1. The Labute approximate surface area is 177 Å². The highest BCUT2D eigenvalue weighted by molar-refractivity contribution is 9.10. The molecule has 5 rings (SSSR count). The molecule has 7 heteroatoms. The number of benzene rings is 1. The summed E-state index contributed by atoms with van der Waals surface area (Å²) in [5, 5.41) is 2.06. The Morgan fingerprint density at radius 3 is 2.86 bits per heavy atom. The van der Waals surface area contributed by atoms with Crippen molar-refractivity contribution in [2.45, 2.75) is 38.1 Å². The SMILES string of the molecule is Nc1nc2cc(CCC3CCC(n4ccc5c(N)ncnc54)C3)ccc2cc1Br. The van der Waals surface area contributed by atoms with Crippen molar-refractivity contribution in [3.63, 3.8) is 0 Å². The second kappa shape index (κ2) is 7.30. The number of anilines is 2. The lowest BCUT2D eigenvalue weighted by Gasteiger charge is -2.14. The first-order valence-corrected chi connectivity index (χ1v) is 10.8. The first-order valence-electron chi connectivity index (χ1n) is 10.00. The molecule has 0 aliphatic heterocycles. The monoisotopic (exact) mass is 450 g/mol. The van der Waals surface area contributed by atoms with E-state index in [0.717, 1.165) is 38.7 Å². The van der Waals surface area contributed by atoms with Gasteiger partial charge in [0.15, 0.2) is 0 Å². The van der Waals surface area contributed by atoms with E-state index in [4.69, 9.17) is 11.5 Å². The van der Waals surface area contributed by atoms with E-state index >= 15 is 0 Å². The Morgan fingerprint density at radius 2 is 1.97 bits per heavy atom. The minimum atomic E-state index is 0.488. The normalized spacial score (nSPS) is 19.3. The summed E-state index contributed by atoms with van der Waals surface area (Å²) in [5.74, 6) is 1.81. The van der Waals surface area contributed by atoms with Gasteiger partial charge in [-0.05, 0) is 77.7 Å². The Morgan fingerprint density at radius 1 is 1.07 bits per heavy atom. The van der Waals surface area contributed by atoms with Gasteiger partial charge in [0, 0.05) is 17.6 Å². The lowest BCUT2D eigenvalue weighted by molar-refractivity contribution is 0.461. The van der Waals surface area contributed by atoms with Gasteiger partial charge in [-0.1, -0.05) is 12.1 Å². The van der Waals surface area contributed by atoms with Crippen LogP contribution in [0.4, 0.5) is 11.6 Å². The predicted octanol–water partition coefficient (Wildman–Crippen LogP) is 4.88.